The van der Waals surface area contributed by atoms with Crippen LogP contribution in [0.2, 0.25) is 10.0 Å². The van der Waals surface area contributed by atoms with Gasteiger partial charge in [-0.05, 0) is 50.8 Å². The van der Waals surface area contributed by atoms with E-state index in [9.17, 15) is 14.4 Å². The van der Waals surface area contributed by atoms with Crippen LogP contribution in [0.15, 0.2) is 18.2 Å². The number of ether oxygens (including phenoxy) is 1. The van der Waals surface area contributed by atoms with Crippen molar-refractivity contribution >= 4 is 41.1 Å². The predicted octanol–water partition coefficient (Wildman–Crippen LogP) is 3.34. The van der Waals surface area contributed by atoms with Crippen molar-refractivity contribution in [3.63, 3.8) is 0 Å². The number of hydrogen-bond acceptors (Lipinski definition) is 4. The average molecular weight is 442 g/mol. The maximum atomic E-state index is 13.0. The summed E-state index contributed by atoms with van der Waals surface area (Å²) < 4.78 is 5.01. The second-order valence-electron chi connectivity index (χ2n) is 7.25. The molecule has 0 spiro atoms. The number of benzene rings is 1. The Balaban J connectivity index is 1.59. The molecule has 2 aliphatic rings. The van der Waals surface area contributed by atoms with Gasteiger partial charge in [-0.2, -0.15) is 0 Å². The van der Waals surface area contributed by atoms with Crippen LogP contribution in [0.1, 0.15) is 43.0 Å². The maximum Gasteiger partial charge on any atom is 0.409 e. The number of halogens is 2. The minimum absolute atomic E-state index is 0.0273. The molecule has 2 aliphatic heterocycles. The van der Waals surface area contributed by atoms with Crippen molar-refractivity contribution in [2.24, 2.45) is 0 Å². The second-order valence-corrected chi connectivity index (χ2v) is 8.09. The van der Waals surface area contributed by atoms with Crippen LogP contribution in [-0.2, 0) is 9.53 Å². The van der Waals surface area contributed by atoms with Crippen molar-refractivity contribution in [3.05, 3.63) is 33.8 Å². The van der Waals surface area contributed by atoms with E-state index in [1.165, 1.54) is 6.07 Å². The van der Waals surface area contributed by atoms with Crippen molar-refractivity contribution in [3.8, 4) is 0 Å². The molecule has 2 fully saturated rings. The lowest BCUT2D eigenvalue weighted by molar-refractivity contribution is -0.125. The SMILES string of the molecule is CCOC(=O)N1CCC(NC(=O)C2CCCN2C(=O)c2cc(Cl)ccc2Cl)CC1. The molecular formula is C20H25Cl2N3O4. The minimum atomic E-state index is -0.527. The van der Waals surface area contributed by atoms with E-state index in [1.807, 2.05) is 0 Å². The Hall–Kier alpha value is -1.99. The molecule has 29 heavy (non-hydrogen) atoms. The van der Waals surface area contributed by atoms with Crippen LogP contribution >= 0.6 is 23.2 Å². The van der Waals surface area contributed by atoms with Crippen LogP contribution in [0.5, 0.6) is 0 Å². The van der Waals surface area contributed by atoms with Crippen LogP contribution in [0.4, 0.5) is 4.79 Å². The number of rotatable bonds is 4. The highest BCUT2D eigenvalue weighted by atomic mass is 35.5. The highest BCUT2D eigenvalue weighted by Gasteiger charge is 2.36. The van der Waals surface area contributed by atoms with E-state index in [0.29, 0.717) is 61.1 Å². The zero-order valence-corrected chi connectivity index (χ0v) is 17.8. The fourth-order valence-electron chi connectivity index (χ4n) is 3.82. The Morgan fingerprint density at radius 2 is 1.86 bits per heavy atom. The summed E-state index contributed by atoms with van der Waals surface area (Å²) in [7, 11) is 0. The number of hydrogen-bond donors (Lipinski definition) is 1. The Labute approximate surface area is 180 Å². The molecule has 0 bridgehead atoms. The Bertz CT molecular complexity index is 781. The number of nitrogens with one attached hydrogen (secondary N) is 1. The molecule has 1 atom stereocenters. The summed E-state index contributed by atoms with van der Waals surface area (Å²) >= 11 is 12.2. The van der Waals surface area contributed by atoms with Gasteiger partial charge in [-0.1, -0.05) is 23.2 Å². The first-order valence-electron chi connectivity index (χ1n) is 9.88. The zero-order chi connectivity index (χ0) is 21.0. The van der Waals surface area contributed by atoms with Crippen molar-refractivity contribution < 1.29 is 19.1 Å². The average Bonchev–Trinajstić information content (AvgIpc) is 3.20. The highest BCUT2D eigenvalue weighted by Crippen LogP contribution is 2.26. The molecule has 9 heteroatoms. The minimum Gasteiger partial charge on any atom is -0.450 e. The summed E-state index contributed by atoms with van der Waals surface area (Å²) in [6, 6.07) is 4.18. The lowest BCUT2D eigenvalue weighted by Gasteiger charge is -2.33. The molecule has 7 nitrogen and oxygen atoms in total. The third kappa shape index (κ3) is 5.14. The van der Waals surface area contributed by atoms with E-state index in [1.54, 1.807) is 28.9 Å². The van der Waals surface area contributed by atoms with Gasteiger partial charge in [0.05, 0.1) is 17.2 Å². The fourth-order valence-corrected chi connectivity index (χ4v) is 4.19. The molecule has 158 valence electrons. The summed E-state index contributed by atoms with van der Waals surface area (Å²) in [5.74, 6) is -0.448. The monoisotopic (exact) mass is 441 g/mol. The summed E-state index contributed by atoms with van der Waals surface area (Å²) in [5.41, 5.74) is 0.307. The third-order valence-corrected chi connectivity index (χ3v) is 5.91. The quantitative estimate of drug-likeness (QED) is 0.776. The van der Waals surface area contributed by atoms with E-state index >= 15 is 0 Å². The van der Waals surface area contributed by atoms with Crippen molar-refractivity contribution in [1.29, 1.82) is 0 Å². The molecule has 1 N–H and O–H groups in total. The summed E-state index contributed by atoms with van der Waals surface area (Å²) in [6.45, 7) is 3.69. The van der Waals surface area contributed by atoms with E-state index in [2.05, 4.69) is 5.32 Å². The Morgan fingerprint density at radius 1 is 1.14 bits per heavy atom. The van der Waals surface area contributed by atoms with Gasteiger partial charge in [0.15, 0.2) is 0 Å². The van der Waals surface area contributed by atoms with Gasteiger partial charge in [0, 0.05) is 30.7 Å². The molecule has 0 radical (unpaired) electrons. The number of amides is 3. The Kier molecular flexibility index (Phi) is 7.24. The van der Waals surface area contributed by atoms with Gasteiger partial charge in [0.2, 0.25) is 5.91 Å². The molecule has 3 amide bonds. The predicted molar refractivity (Wildman–Crippen MR) is 110 cm³/mol. The first-order valence-corrected chi connectivity index (χ1v) is 10.6. The smallest absolute Gasteiger partial charge is 0.409 e. The summed E-state index contributed by atoms with van der Waals surface area (Å²) in [4.78, 5) is 40.8. The molecule has 0 saturated carbocycles. The normalized spacial score (nSPS) is 19.9. The number of carbonyl (C=O) groups is 3. The van der Waals surface area contributed by atoms with E-state index < -0.39 is 6.04 Å². The lowest BCUT2D eigenvalue weighted by atomic mass is 10.0. The van der Waals surface area contributed by atoms with Crippen LogP contribution in [0.25, 0.3) is 0 Å². The maximum absolute atomic E-state index is 13.0. The van der Waals surface area contributed by atoms with E-state index in [0.717, 1.165) is 6.42 Å². The van der Waals surface area contributed by atoms with Gasteiger partial charge in [-0.15, -0.1) is 0 Å². The first-order chi connectivity index (χ1) is 13.9. The molecule has 0 aromatic heterocycles. The molecule has 1 unspecified atom stereocenters. The van der Waals surface area contributed by atoms with Gasteiger partial charge in [0.25, 0.3) is 5.91 Å². The number of carbonyl (C=O) groups excluding carboxylic acids is 3. The van der Waals surface area contributed by atoms with Gasteiger partial charge in [-0.3, -0.25) is 9.59 Å². The third-order valence-electron chi connectivity index (χ3n) is 5.34. The molecule has 2 heterocycles. The lowest BCUT2D eigenvalue weighted by Crippen LogP contribution is -2.52. The van der Waals surface area contributed by atoms with Gasteiger partial charge in [0.1, 0.15) is 6.04 Å². The van der Waals surface area contributed by atoms with Crippen molar-refractivity contribution in [2.75, 3.05) is 26.2 Å². The molecule has 3 rings (SSSR count). The standard InChI is InChI=1S/C20H25Cl2N3O4/c1-2-29-20(28)24-10-7-14(8-11-24)23-18(26)17-4-3-9-25(17)19(27)15-12-13(21)5-6-16(15)22/h5-6,12,14,17H,2-4,7-11H2,1H3,(H,23,26). The van der Waals surface area contributed by atoms with E-state index in [-0.39, 0.29) is 23.9 Å². The number of piperidine rings is 1. The van der Waals surface area contributed by atoms with Crippen LogP contribution < -0.4 is 5.32 Å². The van der Waals surface area contributed by atoms with Gasteiger partial charge < -0.3 is 19.9 Å². The van der Waals surface area contributed by atoms with Crippen molar-refractivity contribution in [1.82, 2.24) is 15.1 Å². The number of likely N-dealkylation sites (tertiary alicyclic amines) is 2. The molecular weight excluding hydrogens is 417 g/mol. The summed E-state index contributed by atoms with van der Waals surface area (Å²) in [5, 5.41) is 3.78. The van der Waals surface area contributed by atoms with Crippen LogP contribution in [0, 0.1) is 0 Å². The van der Waals surface area contributed by atoms with Gasteiger partial charge in [-0.25, -0.2) is 4.79 Å². The van der Waals surface area contributed by atoms with Crippen molar-refractivity contribution in [2.45, 2.75) is 44.7 Å². The second kappa shape index (κ2) is 9.67. The molecule has 1 aromatic carbocycles. The summed E-state index contributed by atoms with van der Waals surface area (Å²) in [6.07, 6.45) is 2.36. The molecule has 0 aliphatic carbocycles. The topological polar surface area (TPSA) is 79.0 Å². The van der Waals surface area contributed by atoms with E-state index in [4.69, 9.17) is 27.9 Å². The van der Waals surface area contributed by atoms with Crippen LogP contribution in [0.3, 0.4) is 0 Å². The van der Waals surface area contributed by atoms with Crippen LogP contribution in [-0.4, -0.2) is 66.0 Å². The zero-order valence-electron chi connectivity index (χ0n) is 16.3. The molecule has 1 aromatic rings. The number of nitrogens with zero attached hydrogens (tertiary/aromatic N) is 2. The molecule has 2 saturated heterocycles. The fraction of sp³-hybridized carbons (Fsp3) is 0.550. The first kappa shape index (κ1) is 21.7. The largest absolute Gasteiger partial charge is 0.450 e. The highest BCUT2D eigenvalue weighted by molar-refractivity contribution is 6.35. The van der Waals surface area contributed by atoms with Gasteiger partial charge >= 0.3 is 6.09 Å². The Morgan fingerprint density at radius 3 is 2.55 bits per heavy atom.